The van der Waals surface area contributed by atoms with Gasteiger partial charge in [-0.25, -0.2) is 4.39 Å². The van der Waals surface area contributed by atoms with E-state index < -0.39 is 35.2 Å². The maximum Gasteiger partial charge on any atom is 0.322 e. The summed E-state index contributed by atoms with van der Waals surface area (Å²) in [6, 6.07) is 9.55. The standard InChI is InChI=1S/C20H12FNO5/c1-27-20(26)16-15-14(12-8-9(21)6-7-13(12)22-19(16)25)17(23)10-4-2-3-5-11(10)18(15)24/h2-8,16H,1H3,(H,22,25)/t16-/m1/s1. The highest BCUT2D eigenvalue weighted by molar-refractivity contribution is 6.43. The molecule has 0 radical (unpaired) electrons. The van der Waals surface area contributed by atoms with E-state index in [0.29, 0.717) is 0 Å². The predicted molar refractivity (Wildman–Crippen MR) is 92.6 cm³/mol. The Morgan fingerprint density at radius 2 is 1.67 bits per heavy atom. The lowest BCUT2D eigenvalue weighted by Crippen LogP contribution is -2.36. The van der Waals surface area contributed by atoms with E-state index in [4.69, 9.17) is 0 Å². The number of amides is 1. The highest BCUT2D eigenvalue weighted by atomic mass is 19.1. The minimum absolute atomic E-state index is 0.0533. The lowest BCUT2D eigenvalue weighted by atomic mass is 9.76. The van der Waals surface area contributed by atoms with E-state index in [9.17, 15) is 23.6 Å². The van der Waals surface area contributed by atoms with Gasteiger partial charge < -0.3 is 10.1 Å². The third-order valence-corrected chi connectivity index (χ3v) is 4.65. The number of hydrogen-bond acceptors (Lipinski definition) is 5. The summed E-state index contributed by atoms with van der Waals surface area (Å²) in [7, 11) is 1.08. The molecule has 1 N–H and O–H groups in total. The first-order valence-electron chi connectivity index (χ1n) is 8.05. The van der Waals surface area contributed by atoms with Crippen molar-refractivity contribution in [3.63, 3.8) is 0 Å². The van der Waals surface area contributed by atoms with Crippen molar-refractivity contribution in [2.24, 2.45) is 5.92 Å². The van der Waals surface area contributed by atoms with Crippen molar-refractivity contribution in [2.45, 2.75) is 0 Å². The molecule has 0 saturated heterocycles. The normalized spacial score (nSPS) is 18.1. The average Bonchev–Trinajstić information content (AvgIpc) is 2.79. The fourth-order valence-electron chi connectivity index (χ4n) is 3.45. The zero-order valence-electron chi connectivity index (χ0n) is 14.0. The molecule has 7 heteroatoms. The number of nitrogens with one attached hydrogen (secondary N) is 1. The van der Waals surface area contributed by atoms with Crippen LogP contribution in [0.4, 0.5) is 10.1 Å². The number of carbonyl (C=O) groups is 4. The van der Waals surface area contributed by atoms with Gasteiger partial charge >= 0.3 is 5.97 Å². The number of ketones is 2. The fraction of sp³-hybridized carbons (Fsp3) is 0.100. The van der Waals surface area contributed by atoms with Gasteiger partial charge in [-0.2, -0.15) is 0 Å². The predicted octanol–water partition coefficient (Wildman–Crippen LogP) is 2.40. The first-order chi connectivity index (χ1) is 12.9. The van der Waals surface area contributed by atoms with Gasteiger partial charge in [0.15, 0.2) is 17.5 Å². The van der Waals surface area contributed by atoms with Gasteiger partial charge in [0.05, 0.1) is 7.11 Å². The number of methoxy groups -OCH3 is 1. The molecular formula is C20H12FNO5. The lowest BCUT2D eigenvalue weighted by molar-refractivity contribution is -0.146. The quantitative estimate of drug-likeness (QED) is 0.619. The molecule has 1 amide bonds. The molecule has 27 heavy (non-hydrogen) atoms. The van der Waals surface area contributed by atoms with Gasteiger partial charge in [0.25, 0.3) is 0 Å². The van der Waals surface area contributed by atoms with Crippen molar-refractivity contribution in [1.29, 1.82) is 0 Å². The summed E-state index contributed by atoms with van der Waals surface area (Å²) < 4.78 is 18.6. The van der Waals surface area contributed by atoms with Crippen LogP contribution in [-0.4, -0.2) is 30.6 Å². The van der Waals surface area contributed by atoms with Crippen LogP contribution >= 0.6 is 0 Å². The lowest BCUT2D eigenvalue weighted by Gasteiger charge is -2.23. The van der Waals surface area contributed by atoms with Gasteiger partial charge in [-0.1, -0.05) is 24.3 Å². The van der Waals surface area contributed by atoms with E-state index in [2.05, 4.69) is 10.1 Å². The minimum atomic E-state index is -1.63. The summed E-state index contributed by atoms with van der Waals surface area (Å²) in [4.78, 5) is 51.3. The maximum atomic E-state index is 13.9. The molecule has 134 valence electrons. The molecule has 1 heterocycles. The molecule has 0 bridgehead atoms. The smallest absolute Gasteiger partial charge is 0.322 e. The van der Waals surface area contributed by atoms with E-state index in [1.54, 1.807) is 12.1 Å². The number of benzene rings is 2. The van der Waals surface area contributed by atoms with E-state index in [1.807, 2.05) is 0 Å². The van der Waals surface area contributed by atoms with E-state index in [-0.39, 0.29) is 33.5 Å². The van der Waals surface area contributed by atoms with Crippen molar-refractivity contribution in [2.75, 3.05) is 12.4 Å². The Bertz CT molecular complexity index is 1090. The Morgan fingerprint density at radius 3 is 2.33 bits per heavy atom. The van der Waals surface area contributed by atoms with Crippen LogP contribution in [0.5, 0.6) is 0 Å². The molecule has 1 aliphatic carbocycles. The molecule has 0 aromatic heterocycles. The van der Waals surface area contributed by atoms with Gasteiger partial charge in [-0.05, 0) is 18.2 Å². The number of ether oxygens (including phenoxy) is 1. The third-order valence-electron chi connectivity index (χ3n) is 4.65. The molecule has 1 atom stereocenters. The van der Waals surface area contributed by atoms with Crippen molar-refractivity contribution in [1.82, 2.24) is 0 Å². The molecule has 2 aromatic rings. The summed E-state index contributed by atoms with van der Waals surface area (Å²) in [6.45, 7) is 0. The summed E-state index contributed by atoms with van der Waals surface area (Å²) >= 11 is 0. The van der Waals surface area contributed by atoms with Gasteiger partial charge in [-0.3, -0.25) is 19.2 Å². The van der Waals surface area contributed by atoms with Gasteiger partial charge in [0.2, 0.25) is 5.91 Å². The topological polar surface area (TPSA) is 89.5 Å². The van der Waals surface area contributed by atoms with Crippen molar-refractivity contribution >= 4 is 34.7 Å². The number of allylic oxidation sites excluding steroid dienone is 1. The Hall–Kier alpha value is -3.61. The maximum absolute atomic E-state index is 13.9. The van der Waals surface area contributed by atoms with Crippen LogP contribution in [0.25, 0.3) is 5.57 Å². The number of fused-ring (bicyclic) bond motifs is 3. The molecule has 0 fully saturated rings. The SMILES string of the molecule is COC(=O)[C@H]1C(=O)Nc2ccc(F)cc2C2=C1C(=O)c1ccccc1C2=O. The third kappa shape index (κ3) is 2.39. The number of carbonyl (C=O) groups excluding carboxylic acids is 4. The second kappa shape index (κ2) is 5.98. The van der Waals surface area contributed by atoms with Crippen LogP contribution in [0.15, 0.2) is 48.0 Å². The zero-order valence-corrected chi connectivity index (χ0v) is 14.0. The minimum Gasteiger partial charge on any atom is -0.468 e. The van der Waals surface area contributed by atoms with Gasteiger partial charge in [-0.15, -0.1) is 0 Å². The molecule has 6 nitrogen and oxygen atoms in total. The number of anilines is 1. The van der Waals surface area contributed by atoms with Crippen LogP contribution in [-0.2, 0) is 14.3 Å². The summed E-state index contributed by atoms with van der Waals surface area (Å²) in [5.74, 6) is -5.27. The van der Waals surface area contributed by atoms with Crippen LogP contribution in [0.2, 0.25) is 0 Å². The highest BCUT2D eigenvalue weighted by Gasteiger charge is 2.45. The van der Waals surface area contributed by atoms with Crippen LogP contribution in [0.1, 0.15) is 26.3 Å². The zero-order chi connectivity index (χ0) is 19.3. The van der Waals surface area contributed by atoms with E-state index in [0.717, 1.165) is 19.2 Å². The van der Waals surface area contributed by atoms with Gasteiger partial charge in [0, 0.05) is 33.5 Å². The van der Waals surface area contributed by atoms with Crippen LogP contribution < -0.4 is 5.32 Å². The summed E-state index contributed by atoms with van der Waals surface area (Å²) in [5, 5.41) is 2.49. The molecule has 0 spiro atoms. The summed E-state index contributed by atoms with van der Waals surface area (Å²) in [6.07, 6.45) is 0. The van der Waals surface area contributed by atoms with Crippen molar-refractivity contribution in [3.05, 3.63) is 70.5 Å². The molecule has 2 aromatic carbocycles. The second-order valence-electron chi connectivity index (χ2n) is 6.13. The Morgan fingerprint density at radius 1 is 1.00 bits per heavy atom. The Labute approximate surface area is 152 Å². The molecule has 0 saturated carbocycles. The highest BCUT2D eigenvalue weighted by Crippen LogP contribution is 2.41. The fourth-order valence-corrected chi connectivity index (χ4v) is 3.45. The molecule has 0 unspecified atom stereocenters. The molecular weight excluding hydrogens is 353 g/mol. The van der Waals surface area contributed by atoms with E-state index in [1.165, 1.54) is 18.2 Å². The first kappa shape index (κ1) is 16.8. The molecule has 4 rings (SSSR count). The number of rotatable bonds is 1. The van der Waals surface area contributed by atoms with Gasteiger partial charge in [0.1, 0.15) is 5.82 Å². The van der Waals surface area contributed by atoms with E-state index >= 15 is 0 Å². The second-order valence-corrected chi connectivity index (χ2v) is 6.13. The largest absolute Gasteiger partial charge is 0.468 e. The first-order valence-corrected chi connectivity index (χ1v) is 8.05. The number of esters is 1. The molecule has 2 aliphatic rings. The van der Waals surface area contributed by atoms with Crippen molar-refractivity contribution < 1.29 is 28.3 Å². The Kier molecular flexibility index (Phi) is 3.73. The monoisotopic (exact) mass is 365 g/mol. The van der Waals surface area contributed by atoms with Crippen LogP contribution in [0, 0.1) is 11.7 Å². The number of hydrogen-bond donors (Lipinski definition) is 1. The number of Topliss-reactive ketones (excluding diaryl/α,β-unsaturated/α-hetero) is 2. The van der Waals surface area contributed by atoms with Crippen LogP contribution in [0.3, 0.4) is 0 Å². The average molecular weight is 365 g/mol. The number of halogens is 1. The molecule has 1 aliphatic heterocycles. The van der Waals surface area contributed by atoms with Crippen molar-refractivity contribution in [3.8, 4) is 0 Å². The summed E-state index contributed by atoms with van der Waals surface area (Å²) in [5.41, 5.74) is -0.0509. The Balaban J connectivity index is 2.10.